The molecule has 3 rings (SSSR count). The van der Waals surface area contributed by atoms with E-state index in [1.165, 1.54) is 6.07 Å². The molecule has 2 aromatic rings. The van der Waals surface area contributed by atoms with Crippen LogP contribution < -0.4 is 10.1 Å². The quantitative estimate of drug-likeness (QED) is 0.939. The molecule has 0 amide bonds. The molecule has 3 nitrogen and oxygen atoms in total. The van der Waals surface area contributed by atoms with Crippen LogP contribution in [-0.2, 0) is 11.3 Å². The van der Waals surface area contributed by atoms with Crippen molar-refractivity contribution in [2.45, 2.75) is 19.6 Å². The Kier molecular flexibility index (Phi) is 4.71. The summed E-state index contributed by atoms with van der Waals surface area (Å²) in [4.78, 5) is 0. The van der Waals surface area contributed by atoms with Crippen LogP contribution >= 0.6 is 0 Å². The average Bonchev–Trinajstić information content (AvgIpc) is 2.56. The van der Waals surface area contributed by atoms with Crippen molar-refractivity contribution in [3.63, 3.8) is 0 Å². The van der Waals surface area contributed by atoms with Crippen LogP contribution in [0.4, 0.5) is 4.39 Å². The van der Waals surface area contributed by atoms with Crippen LogP contribution in [-0.4, -0.2) is 19.7 Å². The van der Waals surface area contributed by atoms with E-state index < -0.39 is 0 Å². The van der Waals surface area contributed by atoms with Crippen LogP contribution in [0.25, 0.3) is 0 Å². The molecule has 0 aromatic heterocycles. The van der Waals surface area contributed by atoms with E-state index >= 15 is 0 Å². The second-order valence-corrected chi connectivity index (χ2v) is 5.49. The largest absolute Gasteiger partial charge is 0.486 e. The first-order valence-electron chi connectivity index (χ1n) is 7.53. The molecule has 1 aliphatic rings. The Bertz CT molecular complexity index is 601. The summed E-state index contributed by atoms with van der Waals surface area (Å²) in [5.41, 5.74) is 2.67. The summed E-state index contributed by atoms with van der Waals surface area (Å²) >= 11 is 0. The fraction of sp³-hybridized carbons (Fsp3) is 0.333. The summed E-state index contributed by atoms with van der Waals surface area (Å²) in [6.07, 6.45) is -0.0925. The van der Waals surface area contributed by atoms with E-state index in [9.17, 15) is 4.39 Å². The van der Waals surface area contributed by atoms with Gasteiger partial charge in [0.25, 0.3) is 0 Å². The molecule has 1 N–H and O–H groups in total. The van der Waals surface area contributed by atoms with Gasteiger partial charge in [0.15, 0.2) is 11.6 Å². The van der Waals surface area contributed by atoms with E-state index in [1.54, 1.807) is 0 Å². The van der Waals surface area contributed by atoms with Crippen molar-refractivity contribution in [3.8, 4) is 5.75 Å². The minimum atomic E-state index is -0.333. The molecule has 22 heavy (non-hydrogen) atoms. The van der Waals surface area contributed by atoms with Crippen LogP contribution in [0.1, 0.15) is 22.8 Å². The summed E-state index contributed by atoms with van der Waals surface area (Å²) < 4.78 is 25.7. The monoisotopic (exact) mass is 301 g/mol. The van der Waals surface area contributed by atoms with E-state index in [1.807, 2.05) is 43.3 Å². The zero-order valence-corrected chi connectivity index (χ0v) is 12.6. The van der Waals surface area contributed by atoms with Crippen LogP contribution in [0, 0.1) is 12.7 Å². The first-order chi connectivity index (χ1) is 10.7. The van der Waals surface area contributed by atoms with Crippen molar-refractivity contribution >= 4 is 0 Å². The fourth-order valence-electron chi connectivity index (χ4n) is 2.64. The lowest BCUT2D eigenvalue weighted by molar-refractivity contribution is 0.0274. The molecule has 1 aliphatic heterocycles. The van der Waals surface area contributed by atoms with Crippen molar-refractivity contribution in [1.82, 2.24) is 5.32 Å². The van der Waals surface area contributed by atoms with Gasteiger partial charge in [-0.2, -0.15) is 0 Å². The fourth-order valence-corrected chi connectivity index (χ4v) is 2.64. The molecule has 0 saturated carbocycles. The van der Waals surface area contributed by atoms with Crippen molar-refractivity contribution < 1.29 is 13.9 Å². The number of benzene rings is 2. The third kappa shape index (κ3) is 3.46. The van der Waals surface area contributed by atoms with Gasteiger partial charge in [-0.05, 0) is 35.7 Å². The van der Waals surface area contributed by atoms with E-state index in [4.69, 9.17) is 9.47 Å². The maximum Gasteiger partial charge on any atom is 0.165 e. The van der Waals surface area contributed by atoms with Gasteiger partial charge >= 0.3 is 0 Å². The van der Waals surface area contributed by atoms with Crippen molar-refractivity contribution in [3.05, 3.63) is 65.0 Å². The van der Waals surface area contributed by atoms with Gasteiger partial charge in [-0.3, -0.25) is 0 Å². The Morgan fingerprint density at radius 3 is 2.77 bits per heavy atom. The van der Waals surface area contributed by atoms with Gasteiger partial charge < -0.3 is 14.8 Å². The van der Waals surface area contributed by atoms with Gasteiger partial charge in [0, 0.05) is 13.1 Å². The minimum Gasteiger partial charge on any atom is -0.486 e. The summed E-state index contributed by atoms with van der Waals surface area (Å²) in [6.45, 7) is 4.43. The summed E-state index contributed by atoms with van der Waals surface area (Å²) in [5, 5.41) is 3.25. The normalized spacial score (nSPS) is 18.2. The smallest absolute Gasteiger partial charge is 0.165 e. The number of ether oxygens (including phenoxy) is 2. The average molecular weight is 301 g/mol. The summed E-state index contributed by atoms with van der Waals surface area (Å²) in [7, 11) is 0. The molecular formula is C18H20FNO2. The first kappa shape index (κ1) is 15.0. The van der Waals surface area contributed by atoms with Crippen molar-refractivity contribution in [1.29, 1.82) is 0 Å². The van der Waals surface area contributed by atoms with E-state index in [0.29, 0.717) is 25.5 Å². The third-order valence-electron chi connectivity index (χ3n) is 3.78. The predicted molar refractivity (Wildman–Crippen MR) is 83.5 cm³/mol. The molecule has 1 heterocycles. The molecule has 0 aliphatic carbocycles. The molecule has 0 bridgehead atoms. The zero-order valence-electron chi connectivity index (χ0n) is 12.6. The number of nitrogens with one attached hydrogen (secondary N) is 1. The minimum absolute atomic E-state index is 0.0925. The standard InChI is InChI=1S/C18H20FNO2/c1-13-9-15(17-11-20-7-8-21-17)10-16(19)18(13)22-12-14-5-3-2-4-6-14/h2-6,9-10,17,20H,7-8,11-12H2,1H3. The van der Waals surface area contributed by atoms with Gasteiger partial charge in [-0.1, -0.05) is 30.3 Å². The summed E-state index contributed by atoms with van der Waals surface area (Å²) in [5.74, 6) is -0.0172. The van der Waals surface area contributed by atoms with Crippen LogP contribution in [0.3, 0.4) is 0 Å². The highest BCUT2D eigenvalue weighted by molar-refractivity contribution is 5.39. The summed E-state index contributed by atoms with van der Waals surface area (Å²) in [6, 6.07) is 13.2. The number of aryl methyl sites for hydroxylation is 1. The molecule has 4 heteroatoms. The molecule has 2 aromatic carbocycles. The number of hydrogen-bond acceptors (Lipinski definition) is 3. The Morgan fingerprint density at radius 2 is 2.09 bits per heavy atom. The van der Waals surface area contributed by atoms with Crippen LogP contribution in [0.5, 0.6) is 5.75 Å². The second-order valence-electron chi connectivity index (χ2n) is 5.49. The topological polar surface area (TPSA) is 30.5 Å². The highest BCUT2D eigenvalue weighted by atomic mass is 19.1. The number of morpholine rings is 1. The highest BCUT2D eigenvalue weighted by Crippen LogP contribution is 2.29. The molecule has 1 unspecified atom stereocenters. The molecule has 1 fully saturated rings. The molecule has 1 atom stereocenters. The maximum atomic E-state index is 14.4. The van der Waals surface area contributed by atoms with Gasteiger partial charge in [-0.25, -0.2) is 4.39 Å². The first-order valence-corrected chi connectivity index (χ1v) is 7.53. The van der Waals surface area contributed by atoms with E-state index in [0.717, 1.165) is 23.2 Å². The Hall–Kier alpha value is -1.91. The number of hydrogen-bond donors (Lipinski definition) is 1. The molecular weight excluding hydrogens is 281 g/mol. The lowest BCUT2D eigenvalue weighted by Gasteiger charge is -2.24. The molecule has 1 saturated heterocycles. The van der Waals surface area contributed by atoms with E-state index in [-0.39, 0.29) is 11.9 Å². The van der Waals surface area contributed by atoms with Crippen LogP contribution in [0.15, 0.2) is 42.5 Å². The maximum absolute atomic E-state index is 14.4. The Labute approximate surface area is 130 Å². The number of halogens is 1. The molecule has 0 spiro atoms. The highest BCUT2D eigenvalue weighted by Gasteiger charge is 2.19. The lowest BCUT2D eigenvalue weighted by atomic mass is 10.0. The molecule has 116 valence electrons. The van der Waals surface area contributed by atoms with Gasteiger partial charge in [0.2, 0.25) is 0 Å². The number of rotatable bonds is 4. The zero-order chi connectivity index (χ0) is 15.4. The SMILES string of the molecule is Cc1cc(C2CNCCO2)cc(F)c1OCc1ccccc1. The Morgan fingerprint density at radius 1 is 1.27 bits per heavy atom. The van der Waals surface area contributed by atoms with Crippen molar-refractivity contribution in [2.24, 2.45) is 0 Å². The third-order valence-corrected chi connectivity index (χ3v) is 3.78. The lowest BCUT2D eigenvalue weighted by Crippen LogP contribution is -2.33. The predicted octanol–water partition coefficient (Wildman–Crippen LogP) is 3.37. The van der Waals surface area contributed by atoms with Crippen molar-refractivity contribution in [2.75, 3.05) is 19.7 Å². The van der Waals surface area contributed by atoms with Crippen LogP contribution in [0.2, 0.25) is 0 Å². The van der Waals surface area contributed by atoms with E-state index in [2.05, 4.69) is 5.32 Å². The van der Waals surface area contributed by atoms with Gasteiger partial charge in [0.1, 0.15) is 6.61 Å². The Balaban J connectivity index is 1.74. The van der Waals surface area contributed by atoms with Gasteiger partial charge in [-0.15, -0.1) is 0 Å². The molecule has 0 radical (unpaired) electrons. The van der Waals surface area contributed by atoms with Gasteiger partial charge in [0.05, 0.1) is 12.7 Å². The second kappa shape index (κ2) is 6.90.